The Morgan fingerprint density at radius 1 is 0.862 bits per heavy atom. The van der Waals surface area contributed by atoms with Gasteiger partial charge in [0.25, 0.3) is 11.8 Å². The maximum atomic E-state index is 13.4. The van der Waals surface area contributed by atoms with Gasteiger partial charge in [0.15, 0.2) is 0 Å². The van der Waals surface area contributed by atoms with E-state index in [0.29, 0.717) is 27.2 Å². The number of hydrogen-bond acceptors (Lipinski definition) is 3. The van der Waals surface area contributed by atoms with Crippen molar-refractivity contribution in [3.8, 4) is 0 Å². The minimum absolute atomic E-state index is 0.222. The lowest BCUT2D eigenvalue weighted by molar-refractivity contribution is -0.138. The SMILES string of the molecule is CC1CCN(C2=C(c3ccc(Cl)cc3)C(=O)N(Cc3ccc(Cl)cc3)C2=O)CC1. The quantitative estimate of drug-likeness (QED) is 0.642. The maximum absolute atomic E-state index is 13.4. The molecule has 0 saturated carbocycles. The van der Waals surface area contributed by atoms with E-state index in [0.717, 1.165) is 37.1 Å². The average Bonchev–Trinajstić information content (AvgIpc) is 2.96. The number of likely N-dealkylation sites (tertiary alicyclic amines) is 1. The molecule has 2 aromatic rings. The number of rotatable bonds is 4. The van der Waals surface area contributed by atoms with Gasteiger partial charge in [-0.15, -0.1) is 0 Å². The van der Waals surface area contributed by atoms with Crippen molar-refractivity contribution in [1.82, 2.24) is 9.80 Å². The van der Waals surface area contributed by atoms with E-state index in [2.05, 4.69) is 11.8 Å². The number of carbonyl (C=O) groups excluding carboxylic acids is 2. The van der Waals surface area contributed by atoms with E-state index in [1.165, 1.54) is 4.90 Å². The van der Waals surface area contributed by atoms with Crippen LogP contribution in [0.15, 0.2) is 54.2 Å². The lowest BCUT2D eigenvalue weighted by Gasteiger charge is -2.32. The highest BCUT2D eigenvalue weighted by Gasteiger charge is 2.42. The summed E-state index contributed by atoms with van der Waals surface area (Å²) in [7, 11) is 0. The summed E-state index contributed by atoms with van der Waals surface area (Å²) in [4.78, 5) is 30.1. The molecule has 29 heavy (non-hydrogen) atoms. The Kier molecular flexibility index (Phi) is 5.66. The molecular weight excluding hydrogens is 407 g/mol. The fourth-order valence-corrected chi connectivity index (χ4v) is 4.13. The molecule has 150 valence electrons. The van der Waals surface area contributed by atoms with Gasteiger partial charge >= 0.3 is 0 Å². The zero-order valence-corrected chi connectivity index (χ0v) is 17.7. The van der Waals surface area contributed by atoms with Crippen molar-refractivity contribution in [2.45, 2.75) is 26.3 Å². The molecule has 4 rings (SSSR count). The molecule has 2 aromatic carbocycles. The summed E-state index contributed by atoms with van der Waals surface area (Å²) in [6, 6.07) is 14.3. The van der Waals surface area contributed by atoms with Crippen LogP contribution in [0.3, 0.4) is 0 Å². The van der Waals surface area contributed by atoms with Gasteiger partial charge in [0.05, 0.1) is 12.1 Å². The standard InChI is InChI=1S/C23H22Cl2N2O2/c1-15-10-12-26(13-11-15)21-20(17-4-8-19(25)9-5-17)22(28)27(23(21)29)14-16-2-6-18(24)7-3-16/h2-9,15H,10-14H2,1H3. The van der Waals surface area contributed by atoms with E-state index in [1.807, 2.05) is 12.1 Å². The van der Waals surface area contributed by atoms with Crippen molar-refractivity contribution < 1.29 is 9.59 Å². The van der Waals surface area contributed by atoms with Crippen LogP contribution in [0.5, 0.6) is 0 Å². The molecule has 2 aliphatic rings. The summed E-state index contributed by atoms with van der Waals surface area (Å²) in [5.74, 6) is 0.133. The van der Waals surface area contributed by atoms with Gasteiger partial charge in [-0.3, -0.25) is 14.5 Å². The lowest BCUT2D eigenvalue weighted by Crippen LogP contribution is -2.38. The number of amides is 2. The molecule has 0 bridgehead atoms. The lowest BCUT2D eigenvalue weighted by atomic mass is 9.97. The van der Waals surface area contributed by atoms with Crippen LogP contribution in [0.25, 0.3) is 5.57 Å². The summed E-state index contributed by atoms with van der Waals surface area (Å²) in [6.07, 6.45) is 2.02. The normalized spacial score (nSPS) is 18.2. The van der Waals surface area contributed by atoms with Gasteiger partial charge in [-0.25, -0.2) is 0 Å². The van der Waals surface area contributed by atoms with Gasteiger partial charge in [-0.1, -0.05) is 54.4 Å². The number of imide groups is 1. The van der Waals surface area contributed by atoms with E-state index in [9.17, 15) is 9.59 Å². The molecule has 2 heterocycles. The zero-order chi connectivity index (χ0) is 20.5. The first-order valence-corrected chi connectivity index (χ1v) is 10.6. The van der Waals surface area contributed by atoms with E-state index < -0.39 is 0 Å². The molecule has 2 amide bonds. The monoisotopic (exact) mass is 428 g/mol. The molecule has 0 radical (unpaired) electrons. The van der Waals surface area contributed by atoms with Gasteiger partial charge < -0.3 is 4.90 Å². The highest BCUT2D eigenvalue weighted by molar-refractivity contribution is 6.36. The van der Waals surface area contributed by atoms with Gasteiger partial charge in [0.2, 0.25) is 0 Å². The van der Waals surface area contributed by atoms with Crippen molar-refractivity contribution in [2.24, 2.45) is 5.92 Å². The Labute approximate surface area is 180 Å². The van der Waals surface area contributed by atoms with Crippen LogP contribution in [0, 0.1) is 5.92 Å². The summed E-state index contributed by atoms with van der Waals surface area (Å²) in [5.41, 5.74) is 2.56. The van der Waals surface area contributed by atoms with Crippen LogP contribution in [0.2, 0.25) is 10.0 Å². The summed E-state index contributed by atoms with van der Waals surface area (Å²) in [6.45, 7) is 4.00. The third-order valence-electron chi connectivity index (χ3n) is 5.63. The Hall–Kier alpha value is -2.30. The van der Waals surface area contributed by atoms with Crippen molar-refractivity contribution in [1.29, 1.82) is 0 Å². The number of nitrogens with zero attached hydrogens (tertiary/aromatic N) is 2. The number of carbonyl (C=O) groups is 2. The van der Waals surface area contributed by atoms with Gasteiger partial charge in [0.1, 0.15) is 5.70 Å². The molecule has 4 nitrogen and oxygen atoms in total. The molecule has 0 aromatic heterocycles. The highest BCUT2D eigenvalue weighted by atomic mass is 35.5. The van der Waals surface area contributed by atoms with Gasteiger partial charge in [-0.05, 0) is 54.2 Å². The van der Waals surface area contributed by atoms with E-state index in [4.69, 9.17) is 23.2 Å². The minimum Gasteiger partial charge on any atom is -0.366 e. The summed E-state index contributed by atoms with van der Waals surface area (Å²) in [5, 5.41) is 1.22. The number of piperidine rings is 1. The molecule has 1 saturated heterocycles. The largest absolute Gasteiger partial charge is 0.366 e. The van der Waals surface area contributed by atoms with Crippen molar-refractivity contribution >= 4 is 40.6 Å². The second kappa shape index (κ2) is 8.21. The Balaban J connectivity index is 1.71. The first-order valence-electron chi connectivity index (χ1n) is 9.80. The van der Waals surface area contributed by atoms with Crippen molar-refractivity contribution in [2.75, 3.05) is 13.1 Å². The molecular formula is C23H22Cl2N2O2. The summed E-state index contributed by atoms with van der Waals surface area (Å²) < 4.78 is 0. The van der Waals surface area contributed by atoms with Crippen LogP contribution in [-0.2, 0) is 16.1 Å². The number of hydrogen-bond donors (Lipinski definition) is 0. The van der Waals surface area contributed by atoms with Crippen LogP contribution < -0.4 is 0 Å². The third kappa shape index (κ3) is 4.05. The van der Waals surface area contributed by atoms with Gasteiger partial charge in [0, 0.05) is 23.1 Å². The smallest absolute Gasteiger partial charge is 0.278 e. The topological polar surface area (TPSA) is 40.6 Å². The Bertz CT molecular complexity index is 959. The third-order valence-corrected chi connectivity index (χ3v) is 6.13. The number of benzene rings is 2. The van der Waals surface area contributed by atoms with Crippen LogP contribution in [0.4, 0.5) is 0 Å². The Morgan fingerprint density at radius 3 is 2.00 bits per heavy atom. The molecule has 1 fully saturated rings. The van der Waals surface area contributed by atoms with Crippen LogP contribution >= 0.6 is 23.2 Å². The predicted octanol–water partition coefficient (Wildman–Crippen LogP) is 5.01. The van der Waals surface area contributed by atoms with Crippen molar-refractivity contribution in [3.05, 3.63) is 75.4 Å². The van der Waals surface area contributed by atoms with Crippen LogP contribution in [-0.4, -0.2) is 34.7 Å². The number of halogens is 2. The van der Waals surface area contributed by atoms with Crippen LogP contribution in [0.1, 0.15) is 30.9 Å². The van der Waals surface area contributed by atoms with E-state index in [1.54, 1.807) is 36.4 Å². The molecule has 0 N–H and O–H groups in total. The fraction of sp³-hybridized carbons (Fsp3) is 0.304. The zero-order valence-electron chi connectivity index (χ0n) is 16.2. The van der Waals surface area contributed by atoms with Crippen molar-refractivity contribution in [3.63, 3.8) is 0 Å². The summed E-state index contributed by atoms with van der Waals surface area (Å²) >= 11 is 12.0. The molecule has 0 unspecified atom stereocenters. The first kappa shape index (κ1) is 20.0. The van der Waals surface area contributed by atoms with E-state index in [-0.39, 0.29) is 18.4 Å². The second-order valence-electron chi connectivity index (χ2n) is 7.72. The highest BCUT2D eigenvalue weighted by Crippen LogP contribution is 2.35. The molecule has 0 spiro atoms. The Morgan fingerprint density at radius 2 is 1.41 bits per heavy atom. The van der Waals surface area contributed by atoms with E-state index >= 15 is 0 Å². The fourth-order valence-electron chi connectivity index (χ4n) is 3.88. The molecule has 0 atom stereocenters. The first-order chi connectivity index (χ1) is 13.9. The maximum Gasteiger partial charge on any atom is 0.278 e. The second-order valence-corrected chi connectivity index (χ2v) is 8.60. The van der Waals surface area contributed by atoms with Gasteiger partial charge in [-0.2, -0.15) is 0 Å². The average molecular weight is 429 g/mol. The predicted molar refractivity (Wildman–Crippen MR) is 115 cm³/mol. The molecule has 6 heteroatoms. The minimum atomic E-state index is -0.263. The molecule has 0 aliphatic carbocycles. The molecule has 2 aliphatic heterocycles.